The van der Waals surface area contributed by atoms with Crippen molar-refractivity contribution < 1.29 is 14.6 Å². The molecule has 32 heavy (non-hydrogen) atoms. The third-order valence-corrected chi connectivity index (χ3v) is 5.74. The highest BCUT2D eigenvalue weighted by Gasteiger charge is 2.16. The van der Waals surface area contributed by atoms with Crippen LogP contribution in [0, 0.1) is 13.8 Å². The third-order valence-electron chi connectivity index (χ3n) is 5.21. The number of imidazole rings is 1. The second-order valence-electron chi connectivity index (χ2n) is 7.68. The lowest BCUT2D eigenvalue weighted by Gasteiger charge is -2.18. The fourth-order valence-corrected chi connectivity index (χ4v) is 4.11. The van der Waals surface area contributed by atoms with Gasteiger partial charge < -0.3 is 19.1 Å². The summed E-state index contributed by atoms with van der Waals surface area (Å²) in [5.41, 5.74) is 3.83. The zero-order chi connectivity index (χ0) is 22.7. The van der Waals surface area contributed by atoms with Crippen LogP contribution in [0.1, 0.15) is 17.0 Å². The monoisotopic (exact) mass is 470 g/mol. The van der Waals surface area contributed by atoms with Crippen LogP contribution in [0.25, 0.3) is 11.0 Å². The van der Waals surface area contributed by atoms with E-state index in [2.05, 4.69) is 0 Å². The largest absolute Gasteiger partial charge is 0.490 e. The lowest BCUT2D eigenvalue weighted by Crippen LogP contribution is -2.25. The zero-order valence-corrected chi connectivity index (χ0v) is 19.4. The first-order valence-corrected chi connectivity index (χ1v) is 11.1. The number of halogens is 2. The molecule has 1 heterocycles. The number of rotatable bonds is 8. The molecule has 1 unspecified atom stereocenters. The number of aromatic nitrogens is 2. The van der Waals surface area contributed by atoms with E-state index in [4.69, 9.17) is 37.7 Å². The van der Waals surface area contributed by atoms with Crippen molar-refractivity contribution in [2.24, 2.45) is 0 Å². The number of fused-ring (bicyclic) bond motifs is 1. The van der Waals surface area contributed by atoms with E-state index in [-0.39, 0.29) is 13.2 Å². The molecule has 0 aliphatic heterocycles. The van der Waals surface area contributed by atoms with Gasteiger partial charge in [-0.05, 0) is 55.3 Å². The SMILES string of the molecule is Cc1cccc(C)c1OCC(O)Cn1c(COc2ccc(Cl)cc2Cl)nc2ccccc21. The van der Waals surface area contributed by atoms with Crippen molar-refractivity contribution in [2.45, 2.75) is 33.1 Å². The highest BCUT2D eigenvalue weighted by Crippen LogP contribution is 2.29. The summed E-state index contributed by atoms with van der Waals surface area (Å²) < 4.78 is 13.8. The van der Waals surface area contributed by atoms with E-state index in [0.717, 1.165) is 27.9 Å². The molecule has 0 aliphatic rings. The Morgan fingerprint density at radius 3 is 2.47 bits per heavy atom. The summed E-state index contributed by atoms with van der Waals surface area (Å²) in [6.45, 7) is 4.67. The predicted molar refractivity (Wildman–Crippen MR) is 128 cm³/mol. The molecule has 0 spiro atoms. The van der Waals surface area contributed by atoms with E-state index in [1.54, 1.807) is 18.2 Å². The topological polar surface area (TPSA) is 56.5 Å². The molecule has 5 nitrogen and oxygen atoms in total. The summed E-state index contributed by atoms with van der Waals surface area (Å²) in [6.07, 6.45) is -0.732. The second-order valence-corrected chi connectivity index (χ2v) is 8.52. The molecule has 0 aliphatic carbocycles. The Labute approximate surface area is 197 Å². The number of benzene rings is 3. The average Bonchev–Trinajstić information content (AvgIpc) is 3.10. The number of aryl methyl sites for hydroxylation is 2. The van der Waals surface area contributed by atoms with E-state index >= 15 is 0 Å². The molecule has 1 aromatic heterocycles. The Morgan fingerprint density at radius 1 is 0.969 bits per heavy atom. The van der Waals surface area contributed by atoms with Crippen molar-refractivity contribution in [2.75, 3.05) is 6.61 Å². The zero-order valence-electron chi connectivity index (χ0n) is 17.9. The van der Waals surface area contributed by atoms with Gasteiger partial charge in [0.05, 0.1) is 22.6 Å². The van der Waals surface area contributed by atoms with Crippen molar-refractivity contribution in [3.05, 3.63) is 87.7 Å². The van der Waals surface area contributed by atoms with Crippen LogP contribution in [0.2, 0.25) is 10.0 Å². The number of hydrogen-bond donors (Lipinski definition) is 1. The van der Waals surface area contributed by atoms with Gasteiger partial charge >= 0.3 is 0 Å². The van der Waals surface area contributed by atoms with Crippen molar-refractivity contribution in [1.82, 2.24) is 9.55 Å². The van der Waals surface area contributed by atoms with Crippen LogP contribution < -0.4 is 9.47 Å². The first-order chi connectivity index (χ1) is 15.4. The summed E-state index contributed by atoms with van der Waals surface area (Å²) >= 11 is 12.2. The van der Waals surface area contributed by atoms with Gasteiger partial charge in [0, 0.05) is 5.02 Å². The van der Waals surface area contributed by atoms with Crippen molar-refractivity contribution >= 4 is 34.2 Å². The third kappa shape index (κ3) is 5.01. The molecule has 0 amide bonds. The smallest absolute Gasteiger partial charge is 0.148 e. The fraction of sp³-hybridized carbons (Fsp3) is 0.240. The number of aliphatic hydroxyl groups is 1. The number of nitrogens with zero attached hydrogens (tertiary/aromatic N) is 2. The quantitative estimate of drug-likeness (QED) is 0.344. The highest BCUT2D eigenvalue weighted by molar-refractivity contribution is 6.35. The molecule has 7 heteroatoms. The van der Waals surface area contributed by atoms with Crippen molar-refractivity contribution in [1.29, 1.82) is 0 Å². The lowest BCUT2D eigenvalue weighted by molar-refractivity contribution is 0.0911. The first kappa shape index (κ1) is 22.5. The number of hydrogen-bond acceptors (Lipinski definition) is 4. The van der Waals surface area contributed by atoms with Gasteiger partial charge in [0.2, 0.25) is 0 Å². The Kier molecular flexibility index (Phi) is 6.89. The first-order valence-electron chi connectivity index (χ1n) is 10.3. The van der Waals surface area contributed by atoms with Gasteiger partial charge in [0.15, 0.2) is 0 Å². The van der Waals surface area contributed by atoms with Crippen LogP contribution in [0.5, 0.6) is 11.5 Å². The van der Waals surface area contributed by atoms with Crippen LogP contribution in [-0.4, -0.2) is 27.4 Å². The Bertz CT molecular complexity index is 1220. The summed E-state index contributed by atoms with van der Waals surface area (Å²) in [7, 11) is 0. The fourth-order valence-electron chi connectivity index (χ4n) is 3.64. The number of ether oxygens (including phenoxy) is 2. The summed E-state index contributed by atoms with van der Waals surface area (Å²) in [5.74, 6) is 2.01. The molecule has 4 aromatic rings. The molecule has 0 bridgehead atoms. The molecule has 1 atom stereocenters. The Hall–Kier alpha value is -2.73. The summed E-state index contributed by atoms with van der Waals surface area (Å²) in [6, 6.07) is 18.9. The van der Waals surface area contributed by atoms with Crippen molar-refractivity contribution in [3.63, 3.8) is 0 Å². The Balaban J connectivity index is 1.52. The van der Waals surface area contributed by atoms with E-state index in [0.29, 0.717) is 28.2 Å². The highest BCUT2D eigenvalue weighted by atomic mass is 35.5. The lowest BCUT2D eigenvalue weighted by atomic mass is 10.1. The van der Waals surface area contributed by atoms with Gasteiger partial charge in [-0.3, -0.25) is 0 Å². The second kappa shape index (κ2) is 9.82. The Morgan fingerprint density at radius 2 is 1.72 bits per heavy atom. The van der Waals surface area contributed by atoms with E-state index in [1.165, 1.54) is 0 Å². The van der Waals surface area contributed by atoms with Gasteiger partial charge in [-0.1, -0.05) is 53.5 Å². The minimum Gasteiger partial charge on any atom is -0.490 e. The summed E-state index contributed by atoms with van der Waals surface area (Å²) in [5, 5.41) is 11.7. The maximum atomic E-state index is 10.8. The molecule has 1 N–H and O–H groups in total. The van der Waals surface area contributed by atoms with E-state index < -0.39 is 6.10 Å². The van der Waals surface area contributed by atoms with Gasteiger partial charge in [0.25, 0.3) is 0 Å². The van der Waals surface area contributed by atoms with E-state index in [1.807, 2.05) is 60.9 Å². The number of aliphatic hydroxyl groups excluding tert-OH is 1. The maximum absolute atomic E-state index is 10.8. The molecule has 3 aromatic carbocycles. The summed E-state index contributed by atoms with van der Waals surface area (Å²) in [4.78, 5) is 4.69. The minimum absolute atomic E-state index is 0.168. The average molecular weight is 471 g/mol. The van der Waals surface area contributed by atoms with Crippen LogP contribution in [0.15, 0.2) is 60.7 Å². The minimum atomic E-state index is -0.732. The standard InChI is InChI=1S/C25H24Cl2N2O3/c1-16-6-5-7-17(2)25(16)32-14-19(30)13-29-22-9-4-3-8-21(22)28-24(29)15-31-23-11-10-18(26)12-20(23)27/h3-12,19,30H,13-15H2,1-2H3. The molecular weight excluding hydrogens is 447 g/mol. The molecular formula is C25H24Cl2N2O3. The molecule has 166 valence electrons. The van der Waals surface area contributed by atoms with Crippen LogP contribution in [-0.2, 0) is 13.2 Å². The molecule has 0 radical (unpaired) electrons. The molecule has 0 saturated heterocycles. The maximum Gasteiger partial charge on any atom is 0.148 e. The van der Waals surface area contributed by atoms with Gasteiger partial charge in [-0.25, -0.2) is 4.98 Å². The van der Waals surface area contributed by atoms with Gasteiger partial charge in [0.1, 0.15) is 36.6 Å². The number of para-hydroxylation sites is 3. The van der Waals surface area contributed by atoms with Crippen LogP contribution in [0.4, 0.5) is 0 Å². The normalized spacial score (nSPS) is 12.2. The molecule has 0 fully saturated rings. The molecule has 0 saturated carbocycles. The van der Waals surface area contributed by atoms with Crippen LogP contribution in [0.3, 0.4) is 0 Å². The van der Waals surface area contributed by atoms with Crippen LogP contribution >= 0.6 is 23.2 Å². The van der Waals surface area contributed by atoms with Crippen molar-refractivity contribution in [3.8, 4) is 11.5 Å². The van der Waals surface area contributed by atoms with Gasteiger partial charge in [-0.15, -0.1) is 0 Å². The molecule has 4 rings (SSSR count). The van der Waals surface area contributed by atoms with E-state index in [9.17, 15) is 5.11 Å². The van der Waals surface area contributed by atoms with Gasteiger partial charge in [-0.2, -0.15) is 0 Å². The predicted octanol–water partition coefficient (Wildman–Crippen LogP) is 5.98.